The first-order valence-electron chi connectivity index (χ1n) is 4.91. The van der Waals surface area contributed by atoms with Crippen molar-refractivity contribution in [3.8, 4) is 0 Å². The van der Waals surface area contributed by atoms with Crippen LogP contribution in [-0.2, 0) is 0 Å². The second-order valence-corrected chi connectivity index (χ2v) is 3.56. The van der Waals surface area contributed by atoms with Crippen LogP contribution in [0.25, 0.3) is 17.1 Å². The van der Waals surface area contributed by atoms with Crippen molar-refractivity contribution in [2.45, 2.75) is 0 Å². The summed E-state index contributed by atoms with van der Waals surface area (Å²) in [5.74, 6) is 0. The molecule has 0 bridgehead atoms. The average Bonchev–Trinajstić information content (AvgIpc) is 2.52. The van der Waals surface area contributed by atoms with Crippen LogP contribution in [0.3, 0.4) is 0 Å². The Morgan fingerprint density at radius 1 is 1.38 bits per heavy atom. The zero-order valence-corrected chi connectivity index (χ0v) is 8.41. The minimum absolute atomic E-state index is 0.888. The second-order valence-electron chi connectivity index (χ2n) is 3.56. The maximum atomic E-state index is 8.62. The Kier molecular flexibility index (Phi) is 1.86. The van der Waals surface area contributed by atoms with E-state index in [0.29, 0.717) is 0 Å². The number of hydrogen-bond acceptors (Lipinski definition) is 3. The summed E-state index contributed by atoms with van der Waals surface area (Å²) in [6, 6.07) is 5.97. The summed E-state index contributed by atoms with van der Waals surface area (Å²) < 4.78 is 1.98. The molecule has 2 heterocycles. The van der Waals surface area contributed by atoms with Gasteiger partial charge in [0.1, 0.15) is 0 Å². The highest BCUT2D eigenvalue weighted by Gasteiger charge is 2.09. The number of benzene rings is 1. The van der Waals surface area contributed by atoms with Crippen LogP contribution in [0.2, 0.25) is 0 Å². The number of nitrogens with zero attached hydrogens (tertiary/aromatic N) is 3. The maximum Gasteiger partial charge on any atom is 0.0755 e. The van der Waals surface area contributed by atoms with Gasteiger partial charge in [-0.15, -0.1) is 0 Å². The lowest BCUT2D eigenvalue weighted by Crippen LogP contribution is -1.86. The standard InChI is InChI=1S/C12H9N3O/c16-14-7-10-8-15-5-4-13-6-9-2-1-3-11(10)12(9)15/h1-8,16H. The van der Waals surface area contributed by atoms with Crippen LogP contribution in [0.1, 0.15) is 11.1 Å². The van der Waals surface area contributed by atoms with Gasteiger partial charge in [-0.05, 0) is 0 Å². The minimum atomic E-state index is 0.888. The molecule has 0 radical (unpaired) electrons. The van der Waals surface area contributed by atoms with Gasteiger partial charge in [0.2, 0.25) is 0 Å². The quantitative estimate of drug-likeness (QED) is 0.439. The SMILES string of the molecule is ON=Cc1cn2c3c(cccc13)C=NC=C2. The predicted molar refractivity (Wildman–Crippen MR) is 64.2 cm³/mol. The fourth-order valence-corrected chi connectivity index (χ4v) is 1.99. The van der Waals surface area contributed by atoms with Gasteiger partial charge in [0.05, 0.1) is 11.7 Å². The van der Waals surface area contributed by atoms with Gasteiger partial charge in [-0.25, -0.2) is 0 Å². The summed E-state index contributed by atoms with van der Waals surface area (Å²) >= 11 is 0. The smallest absolute Gasteiger partial charge is 0.0755 e. The van der Waals surface area contributed by atoms with Crippen molar-refractivity contribution in [3.05, 3.63) is 41.7 Å². The molecule has 4 nitrogen and oxygen atoms in total. The van der Waals surface area contributed by atoms with E-state index in [1.54, 1.807) is 6.20 Å². The molecule has 4 heteroatoms. The number of para-hydroxylation sites is 1. The van der Waals surface area contributed by atoms with E-state index in [2.05, 4.69) is 10.1 Å². The summed E-state index contributed by atoms with van der Waals surface area (Å²) in [5.41, 5.74) is 3.02. The molecular weight excluding hydrogens is 202 g/mol. The van der Waals surface area contributed by atoms with Crippen molar-refractivity contribution in [1.29, 1.82) is 0 Å². The molecular formula is C12H9N3O. The lowest BCUT2D eigenvalue weighted by atomic mass is 10.1. The molecule has 2 aromatic rings. The Morgan fingerprint density at radius 3 is 3.19 bits per heavy atom. The first-order valence-corrected chi connectivity index (χ1v) is 4.91. The number of oxime groups is 1. The van der Waals surface area contributed by atoms with Crippen LogP contribution in [0.15, 0.2) is 40.7 Å². The Balaban J connectivity index is 2.44. The summed E-state index contributed by atoms with van der Waals surface area (Å²) in [5, 5.41) is 12.7. The summed E-state index contributed by atoms with van der Waals surface area (Å²) in [7, 11) is 0. The molecule has 1 aliphatic rings. The molecule has 1 aromatic heterocycles. The number of hydrogen-bond donors (Lipinski definition) is 1. The van der Waals surface area contributed by atoms with Gasteiger partial charge in [-0.1, -0.05) is 23.4 Å². The Hall–Kier alpha value is -2.36. The Labute approximate surface area is 91.8 Å². The van der Waals surface area contributed by atoms with Crippen molar-refractivity contribution >= 4 is 29.5 Å². The second kappa shape index (κ2) is 3.34. The normalized spacial score (nSPS) is 13.8. The molecule has 0 atom stereocenters. The zero-order valence-electron chi connectivity index (χ0n) is 8.41. The highest BCUT2D eigenvalue weighted by atomic mass is 16.4. The molecule has 0 fully saturated rings. The lowest BCUT2D eigenvalue weighted by molar-refractivity contribution is 0.322. The molecule has 0 spiro atoms. The van der Waals surface area contributed by atoms with Crippen molar-refractivity contribution in [3.63, 3.8) is 0 Å². The first kappa shape index (κ1) is 8.91. The maximum absolute atomic E-state index is 8.62. The van der Waals surface area contributed by atoms with Crippen LogP contribution in [0, 0.1) is 0 Å². The number of aliphatic imine (C=N–C) groups is 1. The van der Waals surface area contributed by atoms with Crippen LogP contribution < -0.4 is 0 Å². The molecule has 78 valence electrons. The molecule has 0 saturated heterocycles. The van der Waals surface area contributed by atoms with E-state index < -0.39 is 0 Å². The monoisotopic (exact) mass is 211 g/mol. The van der Waals surface area contributed by atoms with Crippen molar-refractivity contribution in [1.82, 2.24) is 4.57 Å². The Bertz CT molecular complexity index is 635. The predicted octanol–water partition coefficient (Wildman–Crippen LogP) is 2.31. The van der Waals surface area contributed by atoms with E-state index in [9.17, 15) is 0 Å². The molecule has 1 aliphatic heterocycles. The summed E-state index contributed by atoms with van der Waals surface area (Å²) in [4.78, 5) is 4.15. The van der Waals surface area contributed by atoms with E-state index in [4.69, 9.17) is 5.21 Å². The molecule has 0 aliphatic carbocycles. The summed E-state index contributed by atoms with van der Waals surface area (Å²) in [6.45, 7) is 0. The minimum Gasteiger partial charge on any atom is -0.411 e. The number of rotatable bonds is 1. The van der Waals surface area contributed by atoms with E-state index in [-0.39, 0.29) is 0 Å². The van der Waals surface area contributed by atoms with E-state index in [1.807, 2.05) is 41.4 Å². The van der Waals surface area contributed by atoms with Crippen molar-refractivity contribution < 1.29 is 5.21 Å². The molecule has 0 unspecified atom stereocenters. The first-order chi connectivity index (χ1) is 7.90. The molecule has 0 saturated carbocycles. The van der Waals surface area contributed by atoms with Crippen molar-refractivity contribution in [2.75, 3.05) is 0 Å². The Morgan fingerprint density at radius 2 is 2.31 bits per heavy atom. The van der Waals surface area contributed by atoms with Crippen LogP contribution in [0.5, 0.6) is 0 Å². The van der Waals surface area contributed by atoms with E-state index >= 15 is 0 Å². The van der Waals surface area contributed by atoms with Crippen molar-refractivity contribution in [2.24, 2.45) is 10.1 Å². The third-order valence-electron chi connectivity index (χ3n) is 2.64. The van der Waals surface area contributed by atoms with Gasteiger partial charge in [-0.2, -0.15) is 0 Å². The fourth-order valence-electron chi connectivity index (χ4n) is 1.99. The van der Waals surface area contributed by atoms with Gasteiger partial charge in [0.15, 0.2) is 0 Å². The van der Waals surface area contributed by atoms with Gasteiger partial charge >= 0.3 is 0 Å². The molecule has 0 amide bonds. The molecule has 1 N–H and O–H groups in total. The highest BCUT2D eigenvalue weighted by Crippen LogP contribution is 2.24. The summed E-state index contributed by atoms with van der Waals surface area (Å²) in [6.07, 6.45) is 8.79. The lowest BCUT2D eigenvalue weighted by Gasteiger charge is -1.98. The third-order valence-corrected chi connectivity index (χ3v) is 2.64. The molecule has 1 aromatic carbocycles. The fraction of sp³-hybridized carbons (Fsp3) is 0. The largest absolute Gasteiger partial charge is 0.411 e. The van der Waals surface area contributed by atoms with Crippen LogP contribution in [-0.4, -0.2) is 22.2 Å². The van der Waals surface area contributed by atoms with Crippen LogP contribution in [0.4, 0.5) is 0 Å². The van der Waals surface area contributed by atoms with Crippen LogP contribution >= 0.6 is 0 Å². The van der Waals surface area contributed by atoms with Gasteiger partial charge in [0.25, 0.3) is 0 Å². The van der Waals surface area contributed by atoms with E-state index in [0.717, 1.165) is 22.0 Å². The molecule has 16 heavy (non-hydrogen) atoms. The number of aromatic nitrogens is 1. The molecule has 3 rings (SSSR count). The van der Waals surface area contributed by atoms with Gasteiger partial charge in [0, 0.05) is 41.3 Å². The topological polar surface area (TPSA) is 49.9 Å². The van der Waals surface area contributed by atoms with Gasteiger partial charge < -0.3 is 9.77 Å². The third kappa shape index (κ3) is 1.16. The average molecular weight is 211 g/mol. The van der Waals surface area contributed by atoms with E-state index in [1.165, 1.54) is 6.21 Å². The van der Waals surface area contributed by atoms with Gasteiger partial charge in [-0.3, -0.25) is 4.99 Å². The highest BCUT2D eigenvalue weighted by molar-refractivity contribution is 6.07. The zero-order chi connectivity index (χ0) is 11.0.